The summed E-state index contributed by atoms with van der Waals surface area (Å²) in [6.45, 7) is 4.83. The molecule has 5 rings (SSSR count). The summed E-state index contributed by atoms with van der Waals surface area (Å²) in [5.74, 6) is 0.728. The van der Waals surface area contributed by atoms with E-state index in [-0.39, 0.29) is 18.4 Å². The van der Waals surface area contributed by atoms with Gasteiger partial charge in [0.25, 0.3) is 5.91 Å². The van der Waals surface area contributed by atoms with E-state index < -0.39 is 5.72 Å². The summed E-state index contributed by atoms with van der Waals surface area (Å²) in [5, 5.41) is 22.7. The van der Waals surface area contributed by atoms with Gasteiger partial charge < -0.3 is 19.1 Å². The van der Waals surface area contributed by atoms with Gasteiger partial charge in [-0.3, -0.25) is 10.1 Å². The maximum Gasteiger partial charge on any atom is 0.259 e. The number of hydrogen-bond donors (Lipinski definition) is 2. The Morgan fingerprint density at radius 2 is 2.03 bits per heavy atom. The lowest BCUT2D eigenvalue weighted by Crippen LogP contribution is -2.62. The number of carbonyl (C=O) groups is 1. The fraction of sp³-hybridized carbons (Fsp3) is 0.409. The molecule has 1 amide bonds. The first kappa shape index (κ1) is 19.0. The smallest absolute Gasteiger partial charge is 0.259 e. The zero-order valence-electron chi connectivity index (χ0n) is 17.0. The molecule has 0 bridgehead atoms. The van der Waals surface area contributed by atoms with Crippen molar-refractivity contribution in [3.63, 3.8) is 0 Å². The molecular weight excluding hydrogens is 384 g/mol. The van der Waals surface area contributed by atoms with Crippen LogP contribution in [0.25, 0.3) is 11.5 Å². The molecule has 8 nitrogen and oxygen atoms in total. The molecule has 30 heavy (non-hydrogen) atoms. The highest BCUT2D eigenvalue weighted by molar-refractivity contribution is 6.00. The Hall–Kier alpha value is -2.97. The van der Waals surface area contributed by atoms with Gasteiger partial charge in [0.1, 0.15) is 17.0 Å². The molecule has 1 fully saturated rings. The number of aromatic nitrogens is 2. The molecule has 156 valence electrons. The van der Waals surface area contributed by atoms with Crippen LogP contribution in [0.3, 0.4) is 0 Å². The van der Waals surface area contributed by atoms with Crippen LogP contribution in [0.2, 0.25) is 0 Å². The summed E-state index contributed by atoms with van der Waals surface area (Å²) < 4.78 is 10.5. The maximum atomic E-state index is 13.4. The quantitative estimate of drug-likeness (QED) is 0.671. The molecule has 0 saturated carbocycles. The molecule has 0 spiro atoms. The van der Waals surface area contributed by atoms with Crippen molar-refractivity contribution in [3.05, 3.63) is 58.5 Å². The minimum atomic E-state index is -1.15. The SMILES string of the molecule is Cc1cc(-c2onc(C)c2C(=O)N2CC[C@@H]3Cc4ccccc4CN[C@]3(O)C2)no1. The van der Waals surface area contributed by atoms with Crippen LogP contribution in [0.4, 0.5) is 0 Å². The molecular formula is C22H24N4O4. The van der Waals surface area contributed by atoms with Crippen molar-refractivity contribution in [2.45, 2.75) is 39.0 Å². The number of rotatable bonds is 2. The number of aryl methyl sites for hydroxylation is 2. The van der Waals surface area contributed by atoms with E-state index in [1.807, 2.05) is 12.1 Å². The lowest BCUT2D eigenvalue weighted by Gasteiger charge is -2.44. The third kappa shape index (κ3) is 3.12. The van der Waals surface area contributed by atoms with E-state index in [0.29, 0.717) is 48.0 Å². The van der Waals surface area contributed by atoms with Crippen molar-refractivity contribution in [1.29, 1.82) is 0 Å². The van der Waals surface area contributed by atoms with Gasteiger partial charge in [-0.25, -0.2) is 0 Å². The zero-order valence-corrected chi connectivity index (χ0v) is 17.0. The van der Waals surface area contributed by atoms with E-state index in [0.717, 1.165) is 6.42 Å². The fourth-order valence-corrected chi connectivity index (χ4v) is 4.56. The van der Waals surface area contributed by atoms with Gasteiger partial charge in [0.05, 0.1) is 12.2 Å². The number of carbonyl (C=O) groups excluding carboxylic acids is 1. The topological polar surface area (TPSA) is 105 Å². The van der Waals surface area contributed by atoms with Crippen molar-refractivity contribution >= 4 is 5.91 Å². The van der Waals surface area contributed by atoms with Crippen molar-refractivity contribution in [2.24, 2.45) is 5.92 Å². The Morgan fingerprint density at radius 3 is 2.80 bits per heavy atom. The second-order valence-corrected chi connectivity index (χ2v) is 8.26. The fourth-order valence-electron chi connectivity index (χ4n) is 4.56. The predicted molar refractivity (Wildman–Crippen MR) is 107 cm³/mol. The van der Waals surface area contributed by atoms with Crippen LogP contribution < -0.4 is 5.32 Å². The second kappa shape index (κ2) is 7.07. The number of benzene rings is 1. The lowest BCUT2D eigenvalue weighted by molar-refractivity contribution is -0.0923. The van der Waals surface area contributed by atoms with Crippen molar-refractivity contribution in [3.8, 4) is 11.5 Å². The molecule has 0 radical (unpaired) electrons. The highest BCUT2D eigenvalue weighted by Crippen LogP contribution is 2.35. The molecule has 0 unspecified atom stereocenters. The number of hydrogen-bond acceptors (Lipinski definition) is 7. The Morgan fingerprint density at radius 1 is 1.23 bits per heavy atom. The maximum absolute atomic E-state index is 13.4. The van der Waals surface area contributed by atoms with Gasteiger partial charge in [0.15, 0.2) is 5.69 Å². The number of fused-ring (bicyclic) bond motifs is 2. The van der Waals surface area contributed by atoms with Crippen LogP contribution in [0.15, 0.2) is 39.4 Å². The number of likely N-dealkylation sites (tertiary alicyclic amines) is 1. The van der Waals surface area contributed by atoms with Gasteiger partial charge in [0, 0.05) is 25.1 Å². The number of piperidine rings is 1. The van der Waals surface area contributed by atoms with Gasteiger partial charge >= 0.3 is 0 Å². The Balaban J connectivity index is 1.41. The van der Waals surface area contributed by atoms with Gasteiger partial charge in [0.2, 0.25) is 5.76 Å². The minimum Gasteiger partial charge on any atom is -0.374 e. The molecule has 3 aromatic rings. The van der Waals surface area contributed by atoms with Gasteiger partial charge in [-0.2, -0.15) is 0 Å². The standard InChI is InChI=1S/C22H24N4O4/c1-13-9-18(25-29-13)20-19(14(2)24-30-20)21(27)26-8-7-17-10-15-5-3-4-6-16(15)11-23-22(17,28)12-26/h3-6,9,17,23,28H,7-8,10-12H2,1-2H3/t17-,22+/m1/s1. The second-order valence-electron chi connectivity index (χ2n) is 8.26. The third-order valence-electron chi connectivity index (χ3n) is 6.25. The van der Waals surface area contributed by atoms with Crippen LogP contribution in [0, 0.1) is 19.8 Å². The summed E-state index contributed by atoms with van der Waals surface area (Å²) in [4.78, 5) is 15.1. The average molecular weight is 408 g/mol. The summed E-state index contributed by atoms with van der Waals surface area (Å²) in [5.41, 5.74) is 2.59. The van der Waals surface area contributed by atoms with Crippen LogP contribution >= 0.6 is 0 Å². The number of nitrogens with one attached hydrogen (secondary N) is 1. The predicted octanol–water partition coefficient (Wildman–Crippen LogP) is 2.44. The highest BCUT2D eigenvalue weighted by atomic mass is 16.5. The van der Waals surface area contributed by atoms with E-state index in [1.54, 1.807) is 24.8 Å². The molecule has 2 atom stereocenters. The van der Waals surface area contributed by atoms with Gasteiger partial charge in [-0.05, 0) is 37.8 Å². The summed E-state index contributed by atoms with van der Waals surface area (Å²) >= 11 is 0. The first-order valence-electron chi connectivity index (χ1n) is 10.2. The number of β-amino-alcohol motifs (C(OH)–C–C–N with tert-alkyl or cyclic N) is 1. The van der Waals surface area contributed by atoms with Crippen LogP contribution in [0.1, 0.15) is 39.4 Å². The molecule has 4 heterocycles. The number of aliphatic hydroxyl groups is 1. The highest BCUT2D eigenvalue weighted by Gasteiger charge is 2.45. The van der Waals surface area contributed by atoms with E-state index in [4.69, 9.17) is 9.05 Å². The molecule has 2 aromatic heterocycles. The van der Waals surface area contributed by atoms with Crippen molar-refractivity contribution in [2.75, 3.05) is 13.1 Å². The van der Waals surface area contributed by atoms with Gasteiger partial charge in [-0.1, -0.05) is 34.6 Å². The lowest BCUT2D eigenvalue weighted by atomic mass is 9.83. The van der Waals surface area contributed by atoms with Crippen molar-refractivity contribution < 1.29 is 18.9 Å². The van der Waals surface area contributed by atoms with Crippen molar-refractivity contribution in [1.82, 2.24) is 20.5 Å². The van der Waals surface area contributed by atoms with Crippen LogP contribution in [-0.2, 0) is 13.0 Å². The molecule has 1 aromatic carbocycles. The molecule has 1 saturated heterocycles. The van der Waals surface area contributed by atoms with Crippen LogP contribution in [0.5, 0.6) is 0 Å². The van der Waals surface area contributed by atoms with Crippen LogP contribution in [-0.4, -0.2) is 45.0 Å². The van der Waals surface area contributed by atoms with Gasteiger partial charge in [-0.15, -0.1) is 0 Å². The number of amides is 1. The molecule has 8 heteroatoms. The minimum absolute atomic E-state index is 0.0337. The van der Waals surface area contributed by atoms with E-state index >= 15 is 0 Å². The van der Waals surface area contributed by atoms with E-state index in [1.165, 1.54) is 11.1 Å². The number of nitrogens with zero attached hydrogens (tertiary/aromatic N) is 3. The first-order chi connectivity index (χ1) is 14.4. The Labute approximate surface area is 173 Å². The normalized spacial score (nSPS) is 23.6. The summed E-state index contributed by atoms with van der Waals surface area (Å²) in [6.07, 6.45) is 1.49. The zero-order chi connectivity index (χ0) is 20.9. The summed E-state index contributed by atoms with van der Waals surface area (Å²) in [6, 6.07) is 9.95. The Kier molecular flexibility index (Phi) is 4.48. The van der Waals surface area contributed by atoms with E-state index in [2.05, 4.69) is 27.8 Å². The van der Waals surface area contributed by atoms with E-state index in [9.17, 15) is 9.90 Å². The molecule has 2 aliphatic rings. The molecule has 2 N–H and O–H groups in total. The summed E-state index contributed by atoms with van der Waals surface area (Å²) in [7, 11) is 0. The molecule has 0 aliphatic carbocycles. The first-order valence-corrected chi connectivity index (χ1v) is 10.2. The Bertz CT molecular complexity index is 1100. The third-order valence-corrected chi connectivity index (χ3v) is 6.25. The monoisotopic (exact) mass is 408 g/mol. The molecule has 2 aliphatic heterocycles. The average Bonchev–Trinajstić information content (AvgIpc) is 3.29. The largest absolute Gasteiger partial charge is 0.374 e.